The van der Waals surface area contributed by atoms with Gasteiger partial charge in [0.25, 0.3) is 0 Å². The molecule has 1 atom stereocenters. The van der Waals surface area contributed by atoms with Gasteiger partial charge in [0.05, 0.1) is 6.61 Å². The molecule has 0 aliphatic carbocycles. The third-order valence-electron chi connectivity index (χ3n) is 3.34. The summed E-state index contributed by atoms with van der Waals surface area (Å²) in [5.74, 6) is 0.538. The van der Waals surface area contributed by atoms with Crippen molar-refractivity contribution in [1.82, 2.24) is 0 Å². The van der Waals surface area contributed by atoms with E-state index in [1.807, 2.05) is 12.1 Å². The molecule has 1 heteroatoms. The molecule has 2 aromatic rings. The maximum absolute atomic E-state index is 9.41. The Labute approximate surface area is 96.7 Å². The minimum atomic E-state index is 0.116. The van der Waals surface area contributed by atoms with Crippen molar-refractivity contribution in [3.05, 3.63) is 47.5 Å². The van der Waals surface area contributed by atoms with Crippen molar-refractivity contribution in [2.45, 2.75) is 32.8 Å². The van der Waals surface area contributed by atoms with Gasteiger partial charge in [0.1, 0.15) is 0 Å². The SMILES string of the molecule is CCC(C)c1cccc2cccc(CO)c12. The quantitative estimate of drug-likeness (QED) is 0.823. The summed E-state index contributed by atoms with van der Waals surface area (Å²) in [7, 11) is 0. The lowest BCUT2D eigenvalue weighted by molar-refractivity contribution is 0.283. The Morgan fingerprint density at radius 2 is 1.81 bits per heavy atom. The maximum Gasteiger partial charge on any atom is 0.0687 e. The maximum atomic E-state index is 9.41. The molecule has 0 saturated carbocycles. The number of fused-ring (bicyclic) bond motifs is 1. The Morgan fingerprint density at radius 3 is 2.44 bits per heavy atom. The van der Waals surface area contributed by atoms with Gasteiger partial charge >= 0.3 is 0 Å². The molecule has 0 saturated heterocycles. The zero-order valence-electron chi connectivity index (χ0n) is 9.90. The van der Waals surface area contributed by atoms with E-state index >= 15 is 0 Å². The van der Waals surface area contributed by atoms with Crippen molar-refractivity contribution in [1.29, 1.82) is 0 Å². The van der Waals surface area contributed by atoms with Crippen LogP contribution in [0.1, 0.15) is 37.3 Å². The number of rotatable bonds is 3. The van der Waals surface area contributed by atoms with Gasteiger partial charge in [-0.15, -0.1) is 0 Å². The summed E-state index contributed by atoms with van der Waals surface area (Å²) < 4.78 is 0. The first-order valence-electron chi connectivity index (χ1n) is 5.89. The number of benzene rings is 2. The van der Waals surface area contributed by atoms with Crippen LogP contribution in [0, 0.1) is 0 Å². The molecule has 0 bridgehead atoms. The van der Waals surface area contributed by atoms with Crippen LogP contribution < -0.4 is 0 Å². The van der Waals surface area contributed by atoms with Crippen LogP contribution in [0.15, 0.2) is 36.4 Å². The van der Waals surface area contributed by atoms with E-state index in [0.29, 0.717) is 5.92 Å². The zero-order chi connectivity index (χ0) is 11.5. The number of hydrogen-bond donors (Lipinski definition) is 1. The highest BCUT2D eigenvalue weighted by Gasteiger charge is 2.10. The van der Waals surface area contributed by atoms with Gasteiger partial charge in [-0.2, -0.15) is 0 Å². The van der Waals surface area contributed by atoms with Gasteiger partial charge in [-0.3, -0.25) is 0 Å². The molecule has 0 radical (unpaired) electrons. The number of aliphatic hydroxyl groups excluding tert-OH is 1. The van der Waals surface area contributed by atoms with Crippen molar-refractivity contribution >= 4 is 10.8 Å². The fraction of sp³-hybridized carbons (Fsp3) is 0.333. The number of hydrogen-bond acceptors (Lipinski definition) is 1. The van der Waals surface area contributed by atoms with Gasteiger partial charge in [0.2, 0.25) is 0 Å². The summed E-state index contributed by atoms with van der Waals surface area (Å²) >= 11 is 0. The molecule has 1 nitrogen and oxygen atoms in total. The summed E-state index contributed by atoms with van der Waals surface area (Å²) in [6.07, 6.45) is 1.12. The van der Waals surface area contributed by atoms with Crippen molar-refractivity contribution < 1.29 is 5.11 Å². The normalized spacial score (nSPS) is 12.9. The minimum absolute atomic E-state index is 0.116. The van der Waals surface area contributed by atoms with E-state index in [4.69, 9.17) is 0 Å². The standard InChI is InChI=1S/C15H18O/c1-3-11(2)14-9-5-7-12-6-4-8-13(10-16)15(12)14/h4-9,11,16H,3,10H2,1-2H3. The first-order valence-corrected chi connectivity index (χ1v) is 5.89. The molecule has 0 amide bonds. The largest absolute Gasteiger partial charge is 0.392 e. The van der Waals surface area contributed by atoms with Gasteiger partial charge in [-0.05, 0) is 34.2 Å². The molecule has 2 aromatic carbocycles. The molecule has 0 spiro atoms. The number of aliphatic hydroxyl groups is 1. The molecule has 0 aromatic heterocycles. The van der Waals surface area contributed by atoms with Crippen LogP contribution >= 0.6 is 0 Å². The second-order valence-electron chi connectivity index (χ2n) is 4.33. The first kappa shape index (κ1) is 11.2. The first-order chi connectivity index (χ1) is 7.77. The average Bonchev–Trinajstić information content (AvgIpc) is 2.36. The molecule has 0 heterocycles. The lowest BCUT2D eigenvalue weighted by Crippen LogP contribution is -1.96. The molecular formula is C15H18O. The van der Waals surface area contributed by atoms with E-state index in [1.54, 1.807) is 0 Å². The van der Waals surface area contributed by atoms with Crippen molar-refractivity contribution in [2.24, 2.45) is 0 Å². The Hall–Kier alpha value is -1.34. The summed E-state index contributed by atoms with van der Waals surface area (Å²) in [6.45, 7) is 4.55. The van der Waals surface area contributed by atoms with Crippen LogP contribution in [-0.4, -0.2) is 5.11 Å². The van der Waals surface area contributed by atoms with Crippen molar-refractivity contribution in [2.75, 3.05) is 0 Å². The van der Waals surface area contributed by atoms with Gasteiger partial charge in [0.15, 0.2) is 0 Å². The third kappa shape index (κ3) is 1.83. The van der Waals surface area contributed by atoms with Gasteiger partial charge in [-0.25, -0.2) is 0 Å². The smallest absolute Gasteiger partial charge is 0.0687 e. The predicted octanol–water partition coefficient (Wildman–Crippen LogP) is 3.85. The molecule has 0 fully saturated rings. The second kappa shape index (κ2) is 4.67. The predicted molar refractivity (Wildman–Crippen MR) is 68.6 cm³/mol. The topological polar surface area (TPSA) is 20.2 Å². The molecule has 1 N–H and O–H groups in total. The minimum Gasteiger partial charge on any atom is -0.392 e. The Bertz CT molecular complexity index is 483. The van der Waals surface area contributed by atoms with Gasteiger partial charge < -0.3 is 5.11 Å². The fourth-order valence-corrected chi connectivity index (χ4v) is 2.21. The average molecular weight is 214 g/mol. The Kier molecular flexibility index (Phi) is 3.25. The molecule has 16 heavy (non-hydrogen) atoms. The highest BCUT2D eigenvalue weighted by atomic mass is 16.3. The van der Waals surface area contributed by atoms with Crippen LogP contribution in [0.25, 0.3) is 10.8 Å². The molecule has 1 unspecified atom stereocenters. The van der Waals surface area contributed by atoms with Crippen LogP contribution in [0.5, 0.6) is 0 Å². The molecule has 0 aliphatic rings. The summed E-state index contributed by atoms with van der Waals surface area (Å²) in [5, 5.41) is 11.9. The van der Waals surface area contributed by atoms with Crippen LogP contribution in [0.2, 0.25) is 0 Å². The molecular weight excluding hydrogens is 196 g/mol. The second-order valence-corrected chi connectivity index (χ2v) is 4.33. The summed E-state index contributed by atoms with van der Waals surface area (Å²) in [6, 6.07) is 12.5. The highest BCUT2D eigenvalue weighted by molar-refractivity contribution is 5.89. The summed E-state index contributed by atoms with van der Waals surface area (Å²) in [4.78, 5) is 0. The van der Waals surface area contributed by atoms with E-state index in [-0.39, 0.29) is 6.61 Å². The van der Waals surface area contributed by atoms with E-state index < -0.39 is 0 Å². The van der Waals surface area contributed by atoms with Gasteiger partial charge in [0, 0.05) is 0 Å². The van der Waals surface area contributed by atoms with E-state index in [0.717, 1.165) is 12.0 Å². The Morgan fingerprint density at radius 1 is 1.12 bits per heavy atom. The molecule has 0 aliphatic heterocycles. The van der Waals surface area contributed by atoms with Crippen LogP contribution in [0.3, 0.4) is 0 Å². The van der Waals surface area contributed by atoms with Crippen molar-refractivity contribution in [3.8, 4) is 0 Å². The lowest BCUT2D eigenvalue weighted by atomic mass is 9.90. The summed E-state index contributed by atoms with van der Waals surface area (Å²) in [5.41, 5.74) is 2.39. The third-order valence-corrected chi connectivity index (χ3v) is 3.34. The highest BCUT2D eigenvalue weighted by Crippen LogP contribution is 2.30. The zero-order valence-corrected chi connectivity index (χ0v) is 9.90. The van der Waals surface area contributed by atoms with Crippen molar-refractivity contribution in [3.63, 3.8) is 0 Å². The van der Waals surface area contributed by atoms with E-state index in [2.05, 4.69) is 38.1 Å². The van der Waals surface area contributed by atoms with Crippen LogP contribution in [0.4, 0.5) is 0 Å². The molecule has 84 valence electrons. The van der Waals surface area contributed by atoms with Crippen LogP contribution in [-0.2, 0) is 6.61 Å². The van der Waals surface area contributed by atoms with E-state index in [1.165, 1.54) is 16.3 Å². The molecule has 2 rings (SSSR count). The van der Waals surface area contributed by atoms with E-state index in [9.17, 15) is 5.11 Å². The van der Waals surface area contributed by atoms with Gasteiger partial charge in [-0.1, -0.05) is 50.2 Å². The Balaban J connectivity index is 2.73. The monoisotopic (exact) mass is 214 g/mol. The lowest BCUT2D eigenvalue weighted by Gasteiger charge is -2.15. The fourth-order valence-electron chi connectivity index (χ4n) is 2.21.